The van der Waals surface area contributed by atoms with Crippen molar-refractivity contribution in [2.45, 2.75) is 9.79 Å². The lowest BCUT2D eigenvalue weighted by atomic mass is 10.1. The van der Waals surface area contributed by atoms with Gasteiger partial charge in [-0.15, -0.1) is 0 Å². The predicted octanol–water partition coefficient (Wildman–Crippen LogP) is 3.11. The number of hydrogen-bond acceptors (Lipinski definition) is 3. The molecule has 0 unspecified atom stereocenters. The molecule has 0 bridgehead atoms. The van der Waals surface area contributed by atoms with Crippen molar-refractivity contribution in [1.82, 2.24) is 4.90 Å². The molecule has 0 aliphatic carbocycles. The summed E-state index contributed by atoms with van der Waals surface area (Å²) in [6.07, 6.45) is 3.22. The average Bonchev–Trinajstić information content (AvgIpc) is 2.53. The number of hydrogen-bond donors (Lipinski definition) is 0. The molecule has 0 saturated carbocycles. The quantitative estimate of drug-likeness (QED) is 0.629. The van der Waals surface area contributed by atoms with Crippen LogP contribution in [0.25, 0.3) is 0 Å². The van der Waals surface area contributed by atoms with Crippen LogP contribution in [0.1, 0.15) is 10.4 Å². The first-order valence-electron chi connectivity index (χ1n) is 6.54. The van der Waals surface area contributed by atoms with Crippen molar-refractivity contribution in [3.8, 4) is 0 Å². The number of allylic oxidation sites excluding steroid dienone is 1. The fraction of sp³-hybridized carbons (Fsp3) is 0.118. The number of nitrogens with zero attached hydrogens (tertiary/aromatic N) is 1. The molecule has 2 aromatic rings. The van der Waals surface area contributed by atoms with E-state index >= 15 is 0 Å². The van der Waals surface area contributed by atoms with Gasteiger partial charge in [0, 0.05) is 41.7 Å². The molecule has 1 atom stereocenters. The monoisotopic (exact) mass is 299 g/mol. The molecular formula is C17H17NO2S. The summed E-state index contributed by atoms with van der Waals surface area (Å²) in [4.78, 5) is 15.2. The van der Waals surface area contributed by atoms with Gasteiger partial charge in [0.15, 0.2) is 5.78 Å². The summed E-state index contributed by atoms with van der Waals surface area (Å²) in [5.41, 5.74) is 0.585. The molecule has 0 fully saturated rings. The normalized spacial score (nSPS) is 12.3. The Balaban J connectivity index is 2.16. The van der Waals surface area contributed by atoms with E-state index in [1.54, 1.807) is 35.4 Å². The largest absolute Gasteiger partial charge is 0.383 e. The van der Waals surface area contributed by atoms with E-state index in [1.807, 2.05) is 44.4 Å². The molecule has 0 aromatic heterocycles. The van der Waals surface area contributed by atoms with E-state index in [1.165, 1.54) is 6.08 Å². The highest BCUT2D eigenvalue weighted by atomic mass is 32.2. The minimum absolute atomic E-state index is 0.0688. The number of carbonyl (C=O) groups is 1. The molecule has 0 spiro atoms. The standard InChI is InChI=1S/C17H17NO2S/c1-18(2)13-12-17(19)14-8-10-16(11-9-14)21(20)15-6-4-3-5-7-15/h3-13H,1-2H3/b13-12+/t21-/m0/s1. The molecule has 108 valence electrons. The summed E-state index contributed by atoms with van der Waals surface area (Å²) in [5.74, 6) is -0.0688. The zero-order valence-corrected chi connectivity index (χ0v) is 12.8. The zero-order valence-electron chi connectivity index (χ0n) is 12.0. The van der Waals surface area contributed by atoms with Crippen molar-refractivity contribution < 1.29 is 9.00 Å². The van der Waals surface area contributed by atoms with Crippen LogP contribution < -0.4 is 0 Å². The first kappa shape index (κ1) is 15.2. The second-order valence-electron chi connectivity index (χ2n) is 4.75. The maximum absolute atomic E-state index is 12.3. The van der Waals surface area contributed by atoms with Crippen LogP contribution in [0.3, 0.4) is 0 Å². The highest BCUT2D eigenvalue weighted by molar-refractivity contribution is 7.85. The lowest BCUT2D eigenvalue weighted by Gasteiger charge is -2.04. The third-order valence-electron chi connectivity index (χ3n) is 2.83. The molecule has 0 aliphatic rings. The van der Waals surface area contributed by atoms with Crippen LogP contribution >= 0.6 is 0 Å². The van der Waals surface area contributed by atoms with Crippen molar-refractivity contribution in [1.29, 1.82) is 0 Å². The summed E-state index contributed by atoms with van der Waals surface area (Å²) in [6.45, 7) is 0. The van der Waals surface area contributed by atoms with Crippen LogP contribution in [0.15, 0.2) is 76.7 Å². The fourth-order valence-corrected chi connectivity index (χ4v) is 2.80. The molecule has 0 heterocycles. The van der Waals surface area contributed by atoms with Gasteiger partial charge in [0.2, 0.25) is 0 Å². The molecule has 3 nitrogen and oxygen atoms in total. The van der Waals surface area contributed by atoms with E-state index < -0.39 is 10.8 Å². The van der Waals surface area contributed by atoms with Gasteiger partial charge in [-0.3, -0.25) is 4.79 Å². The molecule has 21 heavy (non-hydrogen) atoms. The van der Waals surface area contributed by atoms with Crippen molar-refractivity contribution in [3.05, 3.63) is 72.4 Å². The lowest BCUT2D eigenvalue weighted by Crippen LogP contribution is -2.03. The molecule has 0 N–H and O–H groups in total. The van der Waals surface area contributed by atoms with E-state index in [2.05, 4.69) is 0 Å². The Morgan fingerprint density at radius 2 is 1.52 bits per heavy atom. The molecule has 0 radical (unpaired) electrons. The first-order chi connectivity index (χ1) is 10.1. The summed E-state index contributed by atoms with van der Waals surface area (Å²) < 4.78 is 12.3. The van der Waals surface area contributed by atoms with Gasteiger partial charge in [-0.25, -0.2) is 4.21 Å². The van der Waals surface area contributed by atoms with Crippen LogP contribution in [0, 0.1) is 0 Å². The van der Waals surface area contributed by atoms with E-state index in [0.29, 0.717) is 10.5 Å². The van der Waals surface area contributed by atoms with Crippen molar-refractivity contribution in [2.24, 2.45) is 0 Å². The Hall–Kier alpha value is -2.20. The average molecular weight is 299 g/mol. The van der Waals surface area contributed by atoms with E-state index in [0.717, 1.165) is 4.90 Å². The van der Waals surface area contributed by atoms with Gasteiger partial charge < -0.3 is 4.90 Å². The second kappa shape index (κ2) is 6.99. The third kappa shape index (κ3) is 4.13. The highest BCUT2D eigenvalue weighted by Gasteiger charge is 2.08. The van der Waals surface area contributed by atoms with Gasteiger partial charge in [-0.2, -0.15) is 0 Å². The SMILES string of the molecule is CN(C)/C=C/C(=O)c1ccc([S@@](=O)c2ccccc2)cc1. The lowest BCUT2D eigenvalue weighted by molar-refractivity contribution is 0.104. The van der Waals surface area contributed by atoms with Crippen LogP contribution in [-0.2, 0) is 10.8 Å². The van der Waals surface area contributed by atoms with Gasteiger partial charge in [-0.05, 0) is 36.4 Å². The summed E-state index contributed by atoms with van der Waals surface area (Å²) in [5, 5.41) is 0. The smallest absolute Gasteiger partial charge is 0.187 e. The Labute approximate surface area is 127 Å². The van der Waals surface area contributed by atoms with Crippen molar-refractivity contribution >= 4 is 16.6 Å². The van der Waals surface area contributed by atoms with Crippen molar-refractivity contribution in [2.75, 3.05) is 14.1 Å². The number of rotatable bonds is 5. The van der Waals surface area contributed by atoms with Crippen molar-refractivity contribution in [3.63, 3.8) is 0 Å². The van der Waals surface area contributed by atoms with E-state index in [9.17, 15) is 9.00 Å². The fourth-order valence-electron chi connectivity index (χ4n) is 1.74. The minimum Gasteiger partial charge on any atom is -0.383 e. The third-order valence-corrected chi connectivity index (χ3v) is 4.23. The minimum atomic E-state index is -1.22. The van der Waals surface area contributed by atoms with Crippen LogP contribution in [0.2, 0.25) is 0 Å². The van der Waals surface area contributed by atoms with Gasteiger partial charge in [-0.1, -0.05) is 18.2 Å². The first-order valence-corrected chi connectivity index (χ1v) is 7.69. The summed E-state index contributed by atoms with van der Waals surface area (Å²) in [6, 6.07) is 16.1. The van der Waals surface area contributed by atoms with E-state index in [4.69, 9.17) is 0 Å². The Kier molecular flexibility index (Phi) is 5.06. The van der Waals surface area contributed by atoms with Crippen LogP contribution in [-0.4, -0.2) is 29.0 Å². The predicted molar refractivity (Wildman–Crippen MR) is 84.7 cm³/mol. The molecule has 4 heteroatoms. The molecule has 2 aromatic carbocycles. The van der Waals surface area contributed by atoms with Gasteiger partial charge >= 0.3 is 0 Å². The molecule has 0 aliphatic heterocycles. The Bertz CT molecular complexity index is 661. The van der Waals surface area contributed by atoms with Crippen LogP contribution in [0.4, 0.5) is 0 Å². The Morgan fingerprint density at radius 1 is 0.952 bits per heavy atom. The summed E-state index contributed by atoms with van der Waals surface area (Å²) in [7, 11) is 2.50. The van der Waals surface area contributed by atoms with Crippen LogP contribution in [0.5, 0.6) is 0 Å². The molecule has 0 saturated heterocycles. The highest BCUT2D eigenvalue weighted by Crippen LogP contribution is 2.17. The van der Waals surface area contributed by atoms with Gasteiger partial charge in [0.25, 0.3) is 0 Å². The molecular weight excluding hydrogens is 282 g/mol. The number of ketones is 1. The van der Waals surface area contributed by atoms with Gasteiger partial charge in [0.05, 0.1) is 10.8 Å². The number of carbonyl (C=O) groups excluding carboxylic acids is 1. The maximum atomic E-state index is 12.3. The molecule has 0 amide bonds. The number of benzene rings is 2. The maximum Gasteiger partial charge on any atom is 0.187 e. The van der Waals surface area contributed by atoms with Gasteiger partial charge in [0.1, 0.15) is 0 Å². The Morgan fingerprint density at radius 3 is 2.10 bits per heavy atom. The second-order valence-corrected chi connectivity index (χ2v) is 6.23. The molecule has 2 rings (SSSR count). The summed E-state index contributed by atoms with van der Waals surface area (Å²) >= 11 is 0. The topological polar surface area (TPSA) is 37.4 Å². The zero-order chi connectivity index (χ0) is 15.2. The van der Waals surface area contributed by atoms with E-state index in [-0.39, 0.29) is 5.78 Å².